The molecule has 0 saturated carbocycles. The summed E-state index contributed by atoms with van der Waals surface area (Å²) < 4.78 is 26.4. The lowest BCUT2D eigenvalue weighted by atomic mass is 10.1. The Bertz CT molecular complexity index is 928. The Morgan fingerprint density at radius 1 is 0.643 bits per heavy atom. The summed E-state index contributed by atoms with van der Waals surface area (Å²) in [6, 6.07) is 18.3. The molecule has 142 valence electrons. The third-order valence-electron chi connectivity index (χ3n) is 4.07. The molecule has 0 aliphatic carbocycles. The van der Waals surface area contributed by atoms with Crippen LogP contribution in [0.2, 0.25) is 0 Å². The molecule has 0 heterocycles. The Labute approximate surface area is 161 Å². The van der Waals surface area contributed by atoms with Crippen molar-refractivity contribution in [3.8, 4) is 0 Å². The van der Waals surface area contributed by atoms with Gasteiger partial charge in [0.2, 0.25) is 0 Å². The quantitative estimate of drug-likeness (QED) is 0.683. The lowest BCUT2D eigenvalue weighted by Gasteiger charge is -2.09. The van der Waals surface area contributed by atoms with Crippen molar-refractivity contribution in [3.63, 3.8) is 0 Å². The molecule has 3 aromatic rings. The first-order valence-corrected chi connectivity index (χ1v) is 8.66. The topological polar surface area (TPSA) is 58.2 Å². The molecular formula is C22H18F2N2O2. The van der Waals surface area contributed by atoms with Gasteiger partial charge >= 0.3 is 0 Å². The average molecular weight is 380 g/mol. The number of carbonyl (C=O) groups is 2. The number of nitrogens with one attached hydrogen (secondary N) is 2. The van der Waals surface area contributed by atoms with E-state index < -0.39 is 11.6 Å². The minimum atomic E-state index is -0.469. The van der Waals surface area contributed by atoms with Gasteiger partial charge in [-0.05, 0) is 47.5 Å². The zero-order valence-corrected chi connectivity index (χ0v) is 14.9. The maximum absolute atomic E-state index is 13.2. The Morgan fingerprint density at radius 2 is 1.07 bits per heavy atom. The van der Waals surface area contributed by atoms with E-state index in [0.29, 0.717) is 0 Å². The summed E-state index contributed by atoms with van der Waals surface area (Å²) in [6.45, 7) is 0.530. The zero-order chi connectivity index (χ0) is 19.9. The van der Waals surface area contributed by atoms with Gasteiger partial charge in [-0.2, -0.15) is 0 Å². The SMILES string of the molecule is O=C(NCc1cccc(CNC(=O)c2cccc(F)c2)c1)c1cccc(F)c1. The van der Waals surface area contributed by atoms with E-state index in [1.807, 2.05) is 24.3 Å². The summed E-state index contributed by atoms with van der Waals surface area (Å²) in [6.07, 6.45) is 0. The lowest BCUT2D eigenvalue weighted by Crippen LogP contribution is -2.24. The molecule has 6 heteroatoms. The highest BCUT2D eigenvalue weighted by atomic mass is 19.1. The van der Waals surface area contributed by atoms with E-state index >= 15 is 0 Å². The van der Waals surface area contributed by atoms with Gasteiger partial charge in [0.15, 0.2) is 0 Å². The maximum Gasteiger partial charge on any atom is 0.251 e. The van der Waals surface area contributed by atoms with Gasteiger partial charge in [0.25, 0.3) is 11.8 Å². The van der Waals surface area contributed by atoms with Crippen LogP contribution in [0.4, 0.5) is 8.78 Å². The molecule has 0 aliphatic rings. The Kier molecular flexibility index (Phi) is 6.11. The van der Waals surface area contributed by atoms with E-state index in [1.54, 1.807) is 0 Å². The second-order valence-corrected chi connectivity index (χ2v) is 6.21. The fourth-order valence-electron chi connectivity index (χ4n) is 2.68. The molecule has 0 fully saturated rings. The maximum atomic E-state index is 13.2. The van der Waals surface area contributed by atoms with Gasteiger partial charge < -0.3 is 10.6 Å². The molecule has 4 nitrogen and oxygen atoms in total. The van der Waals surface area contributed by atoms with Gasteiger partial charge in [-0.3, -0.25) is 9.59 Å². The van der Waals surface area contributed by atoms with Crippen molar-refractivity contribution < 1.29 is 18.4 Å². The van der Waals surface area contributed by atoms with Gasteiger partial charge in [-0.25, -0.2) is 8.78 Å². The lowest BCUT2D eigenvalue weighted by molar-refractivity contribution is 0.0943. The van der Waals surface area contributed by atoms with Gasteiger partial charge in [-0.1, -0.05) is 36.4 Å². The molecular weight excluding hydrogens is 362 g/mol. The smallest absolute Gasteiger partial charge is 0.251 e. The third kappa shape index (κ3) is 5.23. The highest BCUT2D eigenvalue weighted by molar-refractivity contribution is 5.94. The summed E-state index contributed by atoms with van der Waals surface area (Å²) in [7, 11) is 0. The highest BCUT2D eigenvalue weighted by Crippen LogP contribution is 2.08. The van der Waals surface area contributed by atoms with E-state index in [9.17, 15) is 18.4 Å². The van der Waals surface area contributed by atoms with E-state index in [1.165, 1.54) is 48.5 Å². The minimum absolute atomic E-state index is 0.249. The first kappa shape index (κ1) is 19.2. The van der Waals surface area contributed by atoms with Crippen molar-refractivity contribution in [2.24, 2.45) is 0 Å². The third-order valence-corrected chi connectivity index (χ3v) is 4.07. The molecule has 0 unspecified atom stereocenters. The molecule has 2 amide bonds. The number of rotatable bonds is 6. The predicted octanol–water partition coefficient (Wildman–Crippen LogP) is 3.82. The second-order valence-electron chi connectivity index (χ2n) is 6.21. The van der Waals surface area contributed by atoms with Crippen LogP contribution in [-0.2, 0) is 13.1 Å². The van der Waals surface area contributed by atoms with Gasteiger partial charge in [0.05, 0.1) is 0 Å². The number of benzene rings is 3. The molecule has 2 N–H and O–H groups in total. The standard InChI is InChI=1S/C22H18F2N2O2/c23-19-8-2-6-17(11-19)21(27)25-13-15-4-1-5-16(10-15)14-26-22(28)18-7-3-9-20(24)12-18/h1-12H,13-14H2,(H,25,27)(H,26,28). The predicted molar refractivity (Wildman–Crippen MR) is 102 cm³/mol. The normalized spacial score (nSPS) is 10.4. The average Bonchev–Trinajstić information content (AvgIpc) is 2.70. The Hall–Kier alpha value is -3.54. The molecule has 0 aromatic heterocycles. The zero-order valence-electron chi connectivity index (χ0n) is 14.9. The van der Waals surface area contributed by atoms with Crippen LogP contribution in [0, 0.1) is 11.6 Å². The van der Waals surface area contributed by atoms with Gasteiger partial charge in [0, 0.05) is 24.2 Å². The van der Waals surface area contributed by atoms with Crippen molar-refractivity contribution in [2.75, 3.05) is 0 Å². The van der Waals surface area contributed by atoms with Crippen molar-refractivity contribution >= 4 is 11.8 Å². The molecule has 3 aromatic carbocycles. The van der Waals surface area contributed by atoms with Crippen molar-refractivity contribution in [3.05, 3.63) is 107 Å². The summed E-state index contributed by atoms with van der Waals surface area (Å²) >= 11 is 0. The first-order chi connectivity index (χ1) is 13.5. The fraction of sp³-hybridized carbons (Fsp3) is 0.0909. The van der Waals surface area contributed by atoms with Crippen LogP contribution in [0.25, 0.3) is 0 Å². The molecule has 0 radical (unpaired) electrons. The number of hydrogen-bond acceptors (Lipinski definition) is 2. The van der Waals surface area contributed by atoms with Crippen molar-refractivity contribution in [1.29, 1.82) is 0 Å². The molecule has 28 heavy (non-hydrogen) atoms. The summed E-state index contributed by atoms with van der Waals surface area (Å²) in [5.74, 6) is -1.68. The molecule has 0 aliphatic heterocycles. The Morgan fingerprint density at radius 3 is 1.50 bits per heavy atom. The summed E-state index contributed by atoms with van der Waals surface area (Å²) in [5, 5.41) is 5.46. The van der Waals surface area contributed by atoms with Gasteiger partial charge in [-0.15, -0.1) is 0 Å². The van der Waals surface area contributed by atoms with E-state index in [2.05, 4.69) is 10.6 Å². The molecule has 0 saturated heterocycles. The van der Waals surface area contributed by atoms with Crippen LogP contribution in [0.1, 0.15) is 31.8 Å². The van der Waals surface area contributed by atoms with E-state index in [-0.39, 0.29) is 36.0 Å². The largest absolute Gasteiger partial charge is 0.348 e. The summed E-state index contributed by atoms with van der Waals surface area (Å²) in [5.41, 5.74) is 2.17. The molecule has 0 bridgehead atoms. The minimum Gasteiger partial charge on any atom is -0.348 e. The molecule has 0 spiro atoms. The second kappa shape index (κ2) is 8.90. The molecule has 0 atom stereocenters. The van der Waals surface area contributed by atoms with Crippen LogP contribution in [0.5, 0.6) is 0 Å². The Balaban J connectivity index is 1.56. The van der Waals surface area contributed by atoms with Crippen LogP contribution >= 0.6 is 0 Å². The molecule has 3 rings (SSSR count). The van der Waals surface area contributed by atoms with Gasteiger partial charge in [0.1, 0.15) is 11.6 Å². The van der Waals surface area contributed by atoms with Crippen LogP contribution in [-0.4, -0.2) is 11.8 Å². The summed E-state index contributed by atoms with van der Waals surface area (Å²) in [4.78, 5) is 24.2. The monoisotopic (exact) mass is 380 g/mol. The number of halogens is 2. The number of amides is 2. The van der Waals surface area contributed by atoms with Crippen molar-refractivity contribution in [1.82, 2.24) is 10.6 Å². The van der Waals surface area contributed by atoms with Crippen LogP contribution < -0.4 is 10.6 Å². The highest BCUT2D eigenvalue weighted by Gasteiger charge is 2.08. The van der Waals surface area contributed by atoms with E-state index in [4.69, 9.17) is 0 Å². The van der Waals surface area contributed by atoms with E-state index in [0.717, 1.165) is 11.1 Å². The van der Waals surface area contributed by atoms with Crippen molar-refractivity contribution in [2.45, 2.75) is 13.1 Å². The van der Waals surface area contributed by atoms with Crippen LogP contribution in [0.15, 0.2) is 72.8 Å². The fourth-order valence-corrected chi connectivity index (χ4v) is 2.68. The first-order valence-electron chi connectivity index (χ1n) is 8.66. The van der Waals surface area contributed by atoms with Crippen LogP contribution in [0.3, 0.4) is 0 Å². The number of hydrogen-bond donors (Lipinski definition) is 2. The number of carbonyl (C=O) groups excluding carboxylic acids is 2.